The predicted molar refractivity (Wildman–Crippen MR) is 95.0 cm³/mol. The topological polar surface area (TPSA) is 88.4 Å². The van der Waals surface area contributed by atoms with Gasteiger partial charge >= 0.3 is 5.97 Å². The Morgan fingerprint density at radius 3 is 2.27 bits per heavy atom. The fraction of sp³-hybridized carbons (Fsp3) is 0.250. The van der Waals surface area contributed by atoms with Crippen molar-refractivity contribution < 1.29 is 19.1 Å². The second kappa shape index (κ2) is 9.35. The molecule has 26 heavy (non-hydrogen) atoms. The number of rotatable bonds is 7. The van der Waals surface area contributed by atoms with Gasteiger partial charge in [-0.15, -0.1) is 0 Å². The third kappa shape index (κ3) is 4.91. The molecule has 134 valence electrons. The predicted octanol–water partition coefficient (Wildman–Crippen LogP) is 2.15. The quantitative estimate of drug-likeness (QED) is 0.771. The molecule has 0 aliphatic rings. The fourth-order valence-electron chi connectivity index (χ4n) is 2.56. The van der Waals surface area contributed by atoms with Gasteiger partial charge in [0, 0.05) is 13.5 Å². The number of benzene rings is 2. The molecule has 0 saturated carbocycles. The van der Waals surface area contributed by atoms with E-state index in [1.807, 2.05) is 24.3 Å². The van der Waals surface area contributed by atoms with Gasteiger partial charge < -0.3 is 14.8 Å². The number of nitrogens with zero attached hydrogens (tertiary/aromatic N) is 1. The highest BCUT2D eigenvalue weighted by atomic mass is 16.5. The first-order chi connectivity index (χ1) is 12.6. The molecule has 2 aromatic carbocycles. The Balaban J connectivity index is 2.14. The van der Waals surface area contributed by atoms with Crippen molar-refractivity contribution in [3.8, 4) is 6.07 Å². The number of carbonyl (C=O) groups excluding carboxylic acids is 2. The summed E-state index contributed by atoms with van der Waals surface area (Å²) >= 11 is 0. The van der Waals surface area contributed by atoms with E-state index < -0.39 is 24.0 Å². The Morgan fingerprint density at radius 1 is 1.08 bits per heavy atom. The number of ether oxygens (including phenoxy) is 2. The molecule has 2 atom stereocenters. The summed E-state index contributed by atoms with van der Waals surface area (Å²) in [5.74, 6) is -0.978. The van der Waals surface area contributed by atoms with E-state index in [2.05, 4.69) is 5.32 Å². The van der Waals surface area contributed by atoms with Crippen LogP contribution in [0.3, 0.4) is 0 Å². The van der Waals surface area contributed by atoms with Gasteiger partial charge in [-0.3, -0.25) is 4.79 Å². The fourth-order valence-corrected chi connectivity index (χ4v) is 2.56. The lowest BCUT2D eigenvalue weighted by atomic mass is 10.0. The third-order valence-corrected chi connectivity index (χ3v) is 3.90. The Bertz CT molecular complexity index is 782. The van der Waals surface area contributed by atoms with Gasteiger partial charge in [-0.25, -0.2) is 4.79 Å². The number of esters is 1. The summed E-state index contributed by atoms with van der Waals surface area (Å²) in [5.41, 5.74) is 2.01. The van der Waals surface area contributed by atoms with E-state index in [4.69, 9.17) is 14.7 Å². The highest BCUT2D eigenvalue weighted by molar-refractivity contribution is 5.87. The standard InChI is InChI=1S/C20H20N2O4/c1-25-18(16-6-4-3-5-7-16)19(23)22-17(20(24)26-2)12-14-8-10-15(13-21)11-9-14/h3-11,17-18H,12H2,1-2H3,(H,22,23)/t17-,18-/m1/s1. The maximum absolute atomic E-state index is 12.6. The van der Waals surface area contributed by atoms with Crippen LogP contribution in [0.2, 0.25) is 0 Å². The molecule has 0 bridgehead atoms. The zero-order valence-electron chi connectivity index (χ0n) is 14.6. The van der Waals surface area contributed by atoms with Crippen LogP contribution in [-0.2, 0) is 25.5 Å². The number of methoxy groups -OCH3 is 2. The monoisotopic (exact) mass is 352 g/mol. The first-order valence-corrected chi connectivity index (χ1v) is 8.04. The second-order valence-electron chi connectivity index (χ2n) is 5.62. The molecular formula is C20H20N2O4. The molecule has 0 fully saturated rings. The van der Waals surface area contributed by atoms with Crippen LogP contribution < -0.4 is 5.32 Å². The summed E-state index contributed by atoms with van der Waals surface area (Å²) in [4.78, 5) is 24.7. The van der Waals surface area contributed by atoms with Crippen LogP contribution >= 0.6 is 0 Å². The summed E-state index contributed by atoms with van der Waals surface area (Å²) in [6, 6.07) is 17.0. The average molecular weight is 352 g/mol. The van der Waals surface area contributed by atoms with Gasteiger partial charge in [0.1, 0.15) is 6.04 Å². The number of nitriles is 1. The first-order valence-electron chi connectivity index (χ1n) is 8.04. The summed E-state index contributed by atoms with van der Waals surface area (Å²) in [6.07, 6.45) is -0.584. The molecule has 0 aliphatic carbocycles. The SMILES string of the molecule is COC(=O)[C@@H](Cc1ccc(C#N)cc1)NC(=O)[C@H](OC)c1ccccc1. The van der Waals surface area contributed by atoms with E-state index >= 15 is 0 Å². The molecule has 0 radical (unpaired) electrons. The van der Waals surface area contributed by atoms with Crippen LogP contribution in [0.25, 0.3) is 0 Å². The first kappa shape index (κ1) is 19.2. The van der Waals surface area contributed by atoms with E-state index in [0.29, 0.717) is 11.1 Å². The molecule has 1 N–H and O–H groups in total. The normalized spacial score (nSPS) is 12.5. The van der Waals surface area contributed by atoms with Crippen molar-refractivity contribution in [3.05, 3.63) is 71.3 Å². The number of hydrogen-bond acceptors (Lipinski definition) is 5. The van der Waals surface area contributed by atoms with Crippen LogP contribution in [0.15, 0.2) is 54.6 Å². The van der Waals surface area contributed by atoms with Crippen LogP contribution in [-0.4, -0.2) is 32.1 Å². The average Bonchev–Trinajstić information content (AvgIpc) is 2.68. The van der Waals surface area contributed by atoms with Crippen LogP contribution in [0, 0.1) is 11.3 Å². The van der Waals surface area contributed by atoms with Gasteiger partial charge in [-0.2, -0.15) is 5.26 Å². The van der Waals surface area contributed by atoms with Crippen molar-refractivity contribution >= 4 is 11.9 Å². The van der Waals surface area contributed by atoms with Crippen molar-refractivity contribution in [2.75, 3.05) is 14.2 Å². The van der Waals surface area contributed by atoms with Crippen molar-refractivity contribution in [1.29, 1.82) is 5.26 Å². The van der Waals surface area contributed by atoms with Crippen molar-refractivity contribution in [2.24, 2.45) is 0 Å². The Kier molecular flexibility index (Phi) is 6.89. The van der Waals surface area contributed by atoms with E-state index in [-0.39, 0.29) is 6.42 Å². The van der Waals surface area contributed by atoms with Gasteiger partial charge in [-0.05, 0) is 23.3 Å². The van der Waals surface area contributed by atoms with Crippen LogP contribution in [0.5, 0.6) is 0 Å². The summed E-state index contributed by atoms with van der Waals surface area (Å²) in [6.45, 7) is 0. The molecule has 2 aromatic rings. The molecule has 2 rings (SSSR count). The van der Waals surface area contributed by atoms with Gasteiger partial charge in [0.05, 0.1) is 18.7 Å². The molecule has 0 unspecified atom stereocenters. The minimum Gasteiger partial charge on any atom is -0.467 e. The zero-order chi connectivity index (χ0) is 18.9. The largest absolute Gasteiger partial charge is 0.467 e. The lowest BCUT2D eigenvalue weighted by molar-refractivity contribution is -0.146. The molecular weight excluding hydrogens is 332 g/mol. The van der Waals surface area contributed by atoms with Crippen LogP contribution in [0.4, 0.5) is 0 Å². The smallest absolute Gasteiger partial charge is 0.328 e. The zero-order valence-corrected chi connectivity index (χ0v) is 14.6. The highest BCUT2D eigenvalue weighted by Gasteiger charge is 2.27. The third-order valence-electron chi connectivity index (χ3n) is 3.90. The Hall–Kier alpha value is -3.17. The van der Waals surface area contributed by atoms with Crippen LogP contribution in [0.1, 0.15) is 22.8 Å². The molecule has 0 aromatic heterocycles. The van der Waals surface area contributed by atoms with Crippen molar-refractivity contribution in [2.45, 2.75) is 18.6 Å². The Morgan fingerprint density at radius 2 is 1.73 bits per heavy atom. The maximum atomic E-state index is 12.6. The van der Waals surface area contributed by atoms with E-state index in [0.717, 1.165) is 5.56 Å². The van der Waals surface area contributed by atoms with Crippen molar-refractivity contribution in [1.82, 2.24) is 5.32 Å². The van der Waals surface area contributed by atoms with Crippen molar-refractivity contribution in [3.63, 3.8) is 0 Å². The van der Waals surface area contributed by atoms with Gasteiger partial charge in [0.2, 0.25) is 0 Å². The lowest BCUT2D eigenvalue weighted by Crippen LogP contribution is -2.45. The minimum atomic E-state index is -0.859. The second-order valence-corrected chi connectivity index (χ2v) is 5.62. The highest BCUT2D eigenvalue weighted by Crippen LogP contribution is 2.17. The van der Waals surface area contributed by atoms with E-state index in [1.54, 1.807) is 36.4 Å². The minimum absolute atomic E-state index is 0.245. The maximum Gasteiger partial charge on any atom is 0.328 e. The number of hydrogen-bond donors (Lipinski definition) is 1. The Labute approximate surface area is 152 Å². The molecule has 0 aliphatic heterocycles. The van der Waals surface area contributed by atoms with Gasteiger partial charge in [0.15, 0.2) is 6.10 Å². The molecule has 0 heterocycles. The molecule has 0 saturated heterocycles. The summed E-state index contributed by atoms with van der Waals surface area (Å²) in [7, 11) is 2.70. The summed E-state index contributed by atoms with van der Waals surface area (Å²) < 4.78 is 10.1. The van der Waals surface area contributed by atoms with E-state index in [1.165, 1.54) is 14.2 Å². The lowest BCUT2D eigenvalue weighted by Gasteiger charge is -2.21. The number of carbonyl (C=O) groups is 2. The summed E-state index contributed by atoms with van der Waals surface area (Å²) in [5, 5.41) is 11.5. The van der Waals surface area contributed by atoms with Gasteiger partial charge in [0.25, 0.3) is 5.91 Å². The van der Waals surface area contributed by atoms with Gasteiger partial charge in [-0.1, -0.05) is 42.5 Å². The number of nitrogens with one attached hydrogen (secondary N) is 1. The molecule has 6 nitrogen and oxygen atoms in total. The molecule has 0 spiro atoms. The number of amides is 1. The van der Waals surface area contributed by atoms with E-state index in [9.17, 15) is 9.59 Å². The molecule has 6 heteroatoms. The molecule has 1 amide bonds.